The molecule has 0 spiro atoms. The van der Waals surface area contributed by atoms with Crippen molar-refractivity contribution in [2.45, 2.75) is 53.6 Å². The molecular formula is C20H46Cl2N4. The minimum atomic E-state index is 0. The van der Waals surface area contributed by atoms with Gasteiger partial charge in [-0.05, 0) is 40.8 Å². The maximum atomic E-state index is 2.56. The highest BCUT2D eigenvalue weighted by Gasteiger charge is 2.34. The SMILES string of the molecule is CCN1CC[N+](C)(CC)C(C)C1.CCN1CC[N+](C)(CC)C(C)C1.[Cl-].[Cl-]. The second kappa shape index (κ2) is 12.8. The van der Waals surface area contributed by atoms with Crippen molar-refractivity contribution in [1.29, 1.82) is 0 Å². The molecule has 2 heterocycles. The van der Waals surface area contributed by atoms with Gasteiger partial charge in [0.2, 0.25) is 0 Å². The lowest BCUT2D eigenvalue weighted by atomic mass is 10.1. The molecule has 2 aliphatic heterocycles. The standard InChI is InChI=1S/2C10H23N2.2ClH/c2*1-5-11-7-8-12(4,6-2)10(3)9-11;;/h2*10H,5-9H2,1-4H3;2*1H/q2*+1;;/p-2. The Labute approximate surface area is 176 Å². The summed E-state index contributed by atoms with van der Waals surface area (Å²) in [6.07, 6.45) is 0. The summed E-state index contributed by atoms with van der Waals surface area (Å²) in [5, 5.41) is 0. The van der Waals surface area contributed by atoms with Crippen LogP contribution in [0.2, 0.25) is 0 Å². The number of nitrogens with zero attached hydrogens (tertiary/aromatic N) is 4. The van der Waals surface area contributed by atoms with Crippen LogP contribution in [0.15, 0.2) is 0 Å². The van der Waals surface area contributed by atoms with Gasteiger partial charge in [0.15, 0.2) is 0 Å². The average molecular weight is 414 g/mol. The van der Waals surface area contributed by atoms with Crippen LogP contribution in [-0.4, -0.2) is 110 Å². The van der Waals surface area contributed by atoms with Gasteiger partial charge in [0.05, 0.1) is 65.4 Å². The molecule has 2 rings (SSSR count). The van der Waals surface area contributed by atoms with Gasteiger partial charge < -0.3 is 33.8 Å². The maximum absolute atomic E-state index is 2.56. The van der Waals surface area contributed by atoms with Gasteiger partial charge in [-0.3, -0.25) is 9.80 Å². The number of hydrogen-bond donors (Lipinski definition) is 0. The molecule has 0 radical (unpaired) electrons. The average Bonchev–Trinajstić information content (AvgIpc) is 2.60. The van der Waals surface area contributed by atoms with E-state index in [0.717, 1.165) is 12.1 Å². The molecule has 0 aromatic carbocycles. The van der Waals surface area contributed by atoms with E-state index >= 15 is 0 Å². The normalized spacial score (nSPS) is 35.5. The summed E-state index contributed by atoms with van der Waals surface area (Å²) < 4.78 is 2.52. The largest absolute Gasteiger partial charge is 1.00 e. The van der Waals surface area contributed by atoms with Crippen LogP contribution >= 0.6 is 0 Å². The Kier molecular flexibility index (Phi) is 14.1. The molecule has 160 valence electrons. The van der Waals surface area contributed by atoms with E-state index in [2.05, 4.69) is 65.4 Å². The minimum absolute atomic E-state index is 0. The predicted octanol–water partition coefficient (Wildman–Crippen LogP) is -3.64. The van der Waals surface area contributed by atoms with E-state index in [1.165, 1.54) is 74.4 Å². The highest BCUT2D eigenvalue weighted by molar-refractivity contribution is 4.68. The first-order chi connectivity index (χ1) is 11.2. The van der Waals surface area contributed by atoms with E-state index in [4.69, 9.17) is 0 Å². The summed E-state index contributed by atoms with van der Waals surface area (Å²) >= 11 is 0. The molecule has 0 amide bonds. The molecule has 2 fully saturated rings. The van der Waals surface area contributed by atoms with Gasteiger partial charge in [-0.1, -0.05) is 13.8 Å². The lowest BCUT2D eigenvalue weighted by molar-refractivity contribution is -0.934. The zero-order valence-corrected chi connectivity index (χ0v) is 20.3. The van der Waals surface area contributed by atoms with E-state index < -0.39 is 0 Å². The van der Waals surface area contributed by atoms with E-state index in [1.54, 1.807) is 0 Å². The van der Waals surface area contributed by atoms with Gasteiger partial charge in [0, 0.05) is 13.1 Å². The summed E-state index contributed by atoms with van der Waals surface area (Å²) in [5.41, 5.74) is 0. The Morgan fingerprint density at radius 3 is 1.19 bits per heavy atom. The van der Waals surface area contributed by atoms with Gasteiger partial charge >= 0.3 is 0 Å². The van der Waals surface area contributed by atoms with Gasteiger partial charge in [-0.2, -0.15) is 0 Å². The van der Waals surface area contributed by atoms with Gasteiger partial charge in [0.1, 0.15) is 0 Å². The van der Waals surface area contributed by atoms with E-state index in [9.17, 15) is 0 Å². The third-order valence-corrected chi connectivity index (χ3v) is 7.37. The van der Waals surface area contributed by atoms with Crippen molar-refractivity contribution in [3.8, 4) is 0 Å². The molecule has 0 aromatic heterocycles. The highest BCUT2D eigenvalue weighted by Crippen LogP contribution is 2.17. The van der Waals surface area contributed by atoms with Crippen LogP contribution in [0.5, 0.6) is 0 Å². The van der Waals surface area contributed by atoms with Crippen LogP contribution in [0.1, 0.15) is 41.5 Å². The van der Waals surface area contributed by atoms with Crippen molar-refractivity contribution < 1.29 is 33.8 Å². The van der Waals surface area contributed by atoms with Crippen LogP contribution in [0, 0.1) is 0 Å². The molecule has 6 heteroatoms. The number of quaternary nitrogens is 2. The number of halogens is 2. The molecule has 0 aliphatic carbocycles. The summed E-state index contributed by atoms with van der Waals surface area (Å²) in [7, 11) is 4.77. The van der Waals surface area contributed by atoms with Crippen LogP contribution in [0.4, 0.5) is 0 Å². The summed E-state index contributed by atoms with van der Waals surface area (Å²) in [6.45, 7) is 26.6. The molecule has 0 bridgehead atoms. The molecular weight excluding hydrogens is 367 g/mol. The van der Waals surface area contributed by atoms with Crippen LogP contribution in [-0.2, 0) is 0 Å². The number of likely N-dealkylation sites (N-methyl/N-ethyl adjacent to an activating group) is 4. The molecule has 2 aliphatic rings. The summed E-state index contributed by atoms with van der Waals surface area (Å²) in [5.74, 6) is 0. The quantitative estimate of drug-likeness (QED) is 0.439. The molecule has 26 heavy (non-hydrogen) atoms. The fourth-order valence-corrected chi connectivity index (χ4v) is 4.02. The van der Waals surface area contributed by atoms with E-state index in [-0.39, 0.29) is 24.8 Å². The third kappa shape index (κ3) is 7.44. The highest BCUT2D eigenvalue weighted by atomic mass is 35.5. The Hall–Kier alpha value is 0.420. The second-order valence-corrected chi connectivity index (χ2v) is 8.52. The van der Waals surface area contributed by atoms with Crippen molar-refractivity contribution in [3.05, 3.63) is 0 Å². The van der Waals surface area contributed by atoms with Gasteiger partial charge in [0.25, 0.3) is 0 Å². The molecule has 4 atom stereocenters. The zero-order chi connectivity index (χ0) is 18.4. The molecule has 0 N–H and O–H groups in total. The Balaban J connectivity index is 0. The Bertz CT molecular complexity index is 338. The maximum Gasteiger partial charge on any atom is 0.0988 e. The van der Waals surface area contributed by atoms with Crippen molar-refractivity contribution in [2.24, 2.45) is 0 Å². The monoisotopic (exact) mass is 412 g/mol. The molecule has 4 unspecified atom stereocenters. The third-order valence-electron chi connectivity index (χ3n) is 7.37. The first kappa shape index (κ1) is 28.6. The first-order valence-electron chi connectivity index (χ1n) is 10.4. The smallest absolute Gasteiger partial charge is 0.0988 e. The number of hydrogen-bond acceptors (Lipinski definition) is 2. The van der Waals surface area contributed by atoms with Gasteiger partial charge in [-0.15, -0.1) is 0 Å². The van der Waals surface area contributed by atoms with Crippen molar-refractivity contribution in [3.63, 3.8) is 0 Å². The second-order valence-electron chi connectivity index (χ2n) is 8.52. The van der Waals surface area contributed by atoms with Crippen molar-refractivity contribution >= 4 is 0 Å². The topological polar surface area (TPSA) is 6.48 Å². The predicted molar refractivity (Wildman–Crippen MR) is 106 cm³/mol. The lowest BCUT2D eigenvalue weighted by Crippen LogP contribution is -3.00. The van der Waals surface area contributed by atoms with Crippen LogP contribution in [0.25, 0.3) is 0 Å². The summed E-state index contributed by atoms with van der Waals surface area (Å²) in [4.78, 5) is 5.11. The lowest BCUT2D eigenvalue weighted by Gasteiger charge is -2.46. The summed E-state index contributed by atoms with van der Waals surface area (Å²) in [6, 6.07) is 1.62. The molecule has 0 aromatic rings. The van der Waals surface area contributed by atoms with Crippen molar-refractivity contribution in [2.75, 3.05) is 79.5 Å². The molecule has 0 saturated carbocycles. The van der Waals surface area contributed by atoms with Gasteiger partial charge in [-0.25, -0.2) is 0 Å². The van der Waals surface area contributed by atoms with E-state index in [0.29, 0.717) is 0 Å². The van der Waals surface area contributed by atoms with Crippen LogP contribution in [0.3, 0.4) is 0 Å². The fourth-order valence-electron chi connectivity index (χ4n) is 4.02. The number of piperazine rings is 2. The molecule has 2 saturated heterocycles. The molecule has 4 nitrogen and oxygen atoms in total. The first-order valence-corrected chi connectivity index (χ1v) is 10.4. The Morgan fingerprint density at radius 2 is 1.00 bits per heavy atom. The van der Waals surface area contributed by atoms with Crippen LogP contribution < -0.4 is 24.8 Å². The fraction of sp³-hybridized carbons (Fsp3) is 1.00. The Morgan fingerprint density at radius 1 is 0.692 bits per heavy atom. The zero-order valence-electron chi connectivity index (χ0n) is 18.8. The van der Waals surface area contributed by atoms with Crippen molar-refractivity contribution in [1.82, 2.24) is 9.80 Å². The number of rotatable bonds is 4. The minimum Gasteiger partial charge on any atom is -1.00 e. The van der Waals surface area contributed by atoms with E-state index in [1.807, 2.05) is 0 Å².